The molecule has 4 N–H and O–H groups in total. The Morgan fingerprint density at radius 3 is 2.29 bits per heavy atom. The van der Waals surface area contributed by atoms with Gasteiger partial charge in [-0.05, 0) is 26.7 Å². The fraction of sp³-hybridized carbons (Fsp3) is 1.00. The Hall–Kier alpha value is -0.160. The van der Waals surface area contributed by atoms with Gasteiger partial charge in [-0.2, -0.15) is 0 Å². The summed E-state index contributed by atoms with van der Waals surface area (Å²) >= 11 is 0. The zero-order valence-corrected chi connectivity index (χ0v) is 8.70. The van der Waals surface area contributed by atoms with Crippen LogP contribution in [0.4, 0.5) is 0 Å². The number of aliphatic hydroxyl groups excluding tert-OH is 2. The van der Waals surface area contributed by atoms with E-state index < -0.39 is 17.8 Å². The minimum atomic E-state index is -0.954. The molecule has 0 aromatic rings. The van der Waals surface area contributed by atoms with E-state index in [1.165, 1.54) is 0 Å². The van der Waals surface area contributed by atoms with E-state index in [4.69, 9.17) is 0 Å². The first-order valence-electron chi connectivity index (χ1n) is 5.20. The van der Waals surface area contributed by atoms with Crippen molar-refractivity contribution in [1.29, 1.82) is 0 Å². The van der Waals surface area contributed by atoms with Gasteiger partial charge in [0.2, 0.25) is 0 Å². The Balaban J connectivity index is 2.23. The lowest BCUT2D eigenvalue weighted by molar-refractivity contribution is -0.129. The van der Waals surface area contributed by atoms with Crippen molar-refractivity contribution in [3.05, 3.63) is 0 Å². The molecule has 2 rings (SSSR count). The molecule has 4 nitrogen and oxygen atoms in total. The summed E-state index contributed by atoms with van der Waals surface area (Å²) in [5, 5.41) is 32.7. The molecule has 14 heavy (non-hydrogen) atoms. The first-order valence-corrected chi connectivity index (χ1v) is 5.20. The molecule has 3 atom stereocenters. The van der Waals surface area contributed by atoms with Gasteiger partial charge in [-0.3, -0.25) is 0 Å². The zero-order valence-electron chi connectivity index (χ0n) is 8.70. The Bertz CT molecular complexity index is 232. The van der Waals surface area contributed by atoms with E-state index in [9.17, 15) is 15.3 Å². The number of aliphatic hydroxyl groups is 3. The first-order chi connectivity index (χ1) is 6.37. The van der Waals surface area contributed by atoms with Crippen LogP contribution in [0.3, 0.4) is 0 Å². The molecular formula is C10H19NO3. The summed E-state index contributed by atoms with van der Waals surface area (Å²) in [6.07, 6.45) is 0.369. The lowest BCUT2D eigenvalue weighted by Crippen LogP contribution is -2.63. The largest absolute Gasteiger partial charge is 0.390 e. The van der Waals surface area contributed by atoms with E-state index in [2.05, 4.69) is 5.32 Å². The van der Waals surface area contributed by atoms with Crippen LogP contribution in [-0.4, -0.2) is 45.2 Å². The summed E-state index contributed by atoms with van der Waals surface area (Å²) in [6.45, 7) is 3.81. The SMILES string of the molecule is CC(C)(O)[C@@H]1[C@@H](O)[C@H](O)CNC12CC2. The fourth-order valence-electron chi connectivity index (χ4n) is 2.80. The van der Waals surface area contributed by atoms with Crippen molar-refractivity contribution < 1.29 is 15.3 Å². The third-order valence-corrected chi connectivity index (χ3v) is 3.54. The molecule has 0 aromatic carbocycles. The molecule has 2 aliphatic rings. The third kappa shape index (κ3) is 1.46. The highest BCUT2D eigenvalue weighted by atomic mass is 16.3. The van der Waals surface area contributed by atoms with E-state index in [0.717, 1.165) is 12.8 Å². The Kier molecular flexibility index (Phi) is 2.16. The predicted molar refractivity (Wildman–Crippen MR) is 51.8 cm³/mol. The van der Waals surface area contributed by atoms with Gasteiger partial charge in [-0.25, -0.2) is 0 Å². The number of piperidine rings is 1. The highest BCUT2D eigenvalue weighted by molar-refractivity contribution is 5.16. The van der Waals surface area contributed by atoms with Crippen LogP contribution in [0.1, 0.15) is 26.7 Å². The van der Waals surface area contributed by atoms with Gasteiger partial charge in [0, 0.05) is 18.0 Å². The second-order valence-corrected chi connectivity index (χ2v) is 5.23. The van der Waals surface area contributed by atoms with Crippen molar-refractivity contribution in [2.75, 3.05) is 6.54 Å². The van der Waals surface area contributed by atoms with E-state index in [1.54, 1.807) is 13.8 Å². The molecule has 0 aromatic heterocycles. The highest BCUT2D eigenvalue weighted by Crippen LogP contribution is 2.50. The summed E-state index contributed by atoms with van der Waals surface area (Å²) in [7, 11) is 0. The quantitative estimate of drug-likeness (QED) is 0.449. The molecule has 0 unspecified atom stereocenters. The maximum atomic E-state index is 10.00. The highest BCUT2D eigenvalue weighted by Gasteiger charge is 2.60. The minimum Gasteiger partial charge on any atom is -0.390 e. The second kappa shape index (κ2) is 2.92. The molecule has 82 valence electrons. The first kappa shape index (κ1) is 10.4. The molecule has 2 fully saturated rings. The summed E-state index contributed by atoms with van der Waals surface area (Å²) in [6, 6.07) is 0. The topological polar surface area (TPSA) is 72.7 Å². The van der Waals surface area contributed by atoms with Crippen LogP contribution in [0.15, 0.2) is 0 Å². The zero-order chi connectivity index (χ0) is 10.6. The Labute approximate surface area is 83.9 Å². The van der Waals surface area contributed by atoms with Gasteiger partial charge >= 0.3 is 0 Å². The van der Waals surface area contributed by atoms with Crippen LogP contribution in [0.25, 0.3) is 0 Å². The van der Waals surface area contributed by atoms with Crippen molar-refractivity contribution in [1.82, 2.24) is 5.32 Å². The summed E-state index contributed by atoms with van der Waals surface area (Å²) in [4.78, 5) is 0. The predicted octanol–water partition coefficient (Wildman–Crippen LogP) is -0.769. The fourth-order valence-corrected chi connectivity index (χ4v) is 2.80. The molecule has 0 bridgehead atoms. The Morgan fingerprint density at radius 2 is 1.86 bits per heavy atom. The third-order valence-electron chi connectivity index (χ3n) is 3.54. The van der Waals surface area contributed by atoms with Gasteiger partial charge in [0.25, 0.3) is 0 Å². The normalized spacial score (nSPS) is 41.4. The van der Waals surface area contributed by atoms with E-state index in [1.807, 2.05) is 0 Å². The number of rotatable bonds is 1. The molecule has 0 amide bonds. The van der Waals surface area contributed by atoms with Crippen LogP contribution >= 0.6 is 0 Å². The standard InChI is InChI=1S/C10H19NO3/c1-9(2,14)8-7(13)6(12)5-11-10(8)3-4-10/h6-8,11-14H,3-5H2,1-2H3/t6-,7+,8+/m1/s1. The second-order valence-electron chi connectivity index (χ2n) is 5.23. The monoisotopic (exact) mass is 201 g/mol. The summed E-state index contributed by atoms with van der Waals surface area (Å²) in [5.41, 5.74) is -1.08. The molecule has 0 radical (unpaired) electrons. The smallest absolute Gasteiger partial charge is 0.0927 e. The molecule has 1 aliphatic carbocycles. The van der Waals surface area contributed by atoms with Crippen LogP contribution < -0.4 is 5.32 Å². The number of nitrogens with one attached hydrogen (secondary N) is 1. The minimum absolute atomic E-state index is 0.128. The number of β-amino-alcohol motifs (C(OH)–C–C–N with tert-alkyl or cyclic N) is 1. The average molecular weight is 201 g/mol. The maximum Gasteiger partial charge on any atom is 0.0927 e. The molecule has 1 aliphatic heterocycles. The molecule has 1 saturated heterocycles. The molecule has 1 spiro atoms. The molecule has 1 saturated carbocycles. The Morgan fingerprint density at radius 1 is 1.29 bits per heavy atom. The van der Waals surface area contributed by atoms with Crippen molar-refractivity contribution in [2.24, 2.45) is 5.92 Å². The van der Waals surface area contributed by atoms with Gasteiger partial charge < -0.3 is 20.6 Å². The number of hydrogen-bond acceptors (Lipinski definition) is 4. The van der Waals surface area contributed by atoms with Gasteiger partial charge in [0.15, 0.2) is 0 Å². The lowest BCUT2D eigenvalue weighted by atomic mass is 9.74. The van der Waals surface area contributed by atoms with E-state index >= 15 is 0 Å². The van der Waals surface area contributed by atoms with Crippen molar-refractivity contribution in [2.45, 2.75) is 50.0 Å². The van der Waals surface area contributed by atoms with Crippen LogP contribution in [0.2, 0.25) is 0 Å². The van der Waals surface area contributed by atoms with E-state index in [-0.39, 0.29) is 11.5 Å². The summed E-state index contributed by atoms with van der Waals surface area (Å²) in [5.74, 6) is -0.279. The van der Waals surface area contributed by atoms with Crippen LogP contribution in [0.5, 0.6) is 0 Å². The van der Waals surface area contributed by atoms with Gasteiger partial charge in [-0.15, -0.1) is 0 Å². The van der Waals surface area contributed by atoms with Gasteiger partial charge in [-0.1, -0.05) is 0 Å². The summed E-state index contributed by atoms with van der Waals surface area (Å²) < 4.78 is 0. The van der Waals surface area contributed by atoms with Crippen LogP contribution in [0, 0.1) is 5.92 Å². The number of hydrogen-bond donors (Lipinski definition) is 4. The maximum absolute atomic E-state index is 10.00. The average Bonchev–Trinajstić information content (AvgIpc) is 2.77. The van der Waals surface area contributed by atoms with Crippen molar-refractivity contribution >= 4 is 0 Å². The lowest BCUT2D eigenvalue weighted by Gasteiger charge is -2.45. The molecular weight excluding hydrogens is 182 g/mol. The van der Waals surface area contributed by atoms with Crippen molar-refractivity contribution in [3.63, 3.8) is 0 Å². The van der Waals surface area contributed by atoms with E-state index in [0.29, 0.717) is 6.54 Å². The van der Waals surface area contributed by atoms with Gasteiger partial charge in [0.05, 0.1) is 17.8 Å². The van der Waals surface area contributed by atoms with Crippen molar-refractivity contribution in [3.8, 4) is 0 Å². The van der Waals surface area contributed by atoms with Crippen LogP contribution in [-0.2, 0) is 0 Å². The molecule has 1 heterocycles. The molecule has 4 heteroatoms. The van der Waals surface area contributed by atoms with Gasteiger partial charge in [0.1, 0.15) is 0 Å².